The van der Waals surface area contributed by atoms with Crippen LogP contribution in [0.5, 0.6) is 17.2 Å². The van der Waals surface area contributed by atoms with Crippen molar-refractivity contribution in [3.05, 3.63) is 39.2 Å². The van der Waals surface area contributed by atoms with Crippen LogP contribution in [0.2, 0.25) is 0 Å². The second-order valence-electron chi connectivity index (χ2n) is 4.80. The first-order valence-corrected chi connectivity index (χ1v) is 6.38. The number of fused-ring (bicyclic) bond motifs is 3. The van der Waals surface area contributed by atoms with Crippen LogP contribution in [0.1, 0.15) is 21.7 Å². The first kappa shape index (κ1) is 14.0. The van der Waals surface area contributed by atoms with Gasteiger partial charge in [0.25, 0.3) is 0 Å². The smallest absolute Gasteiger partial charge is 0.340 e. The first-order valence-electron chi connectivity index (χ1n) is 6.38. The molecule has 1 aliphatic rings. The zero-order chi connectivity index (χ0) is 16.0. The number of aryl methyl sites for hydroxylation is 1. The summed E-state index contributed by atoms with van der Waals surface area (Å²) in [6, 6.07) is 2.55. The SMILES string of the molecule is COc1c(O)cc2c(c1C(=O)O)-c1oc(C)cc(=O)c1CO2. The van der Waals surface area contributed by atoms with E-state index in [4.69, 9.17) is 13.9 Å². The molecule has 7 heteroatoms. The topological polar surface area (TPSA) is 106 Å². The summed E-state index contributed by atoms with van der Waals surface area (Å²) in [5.74, 6) is -1.31. The molecule has 0 unspecified atom stereocenters. The van der Waals surface area contributed by atoms with E-state index in [0.29, 0.717) is 5.76 Å². The van der Waals surface area contributed by atoms with E-state index in [9.17, 15) is 19.8 Å². The molecule has 0 spiro atoms. The maximum absolute atomic E-state index is 12.0. The molecule has 0 saturated carbocycles. The van der Waals surface area contributed by atoms with E-state index >= 15 is 0 Å². The van der Waals surface area contributed by atoms with Crippen molar-refractivity contribution >= 4 is 5.97 Å². The third-order valence-corrected chi connectivity index (χ3v) is 3.41. The predicted octanol–water partition coefficient (Wildman–Crippen LogP) is 1.92. The van der Waals surface area contributed by atoms with Crippen LogP contribution in [-0.2, 0) is 6.61 Å². The molecule has 2 aromatic rings. The Bertz CT molecular complexity index is 848. The predicted molar refractivity (Wildman–Crippen MR) is 74.7 cm³/mol. The third-order valence-electron chi connectivity index (χ3n) is 3.41. The van der Waals surface area contributed by atoms with Crippen LogP contribution in [0.25, 0.3) is 11.3 Å². The fourth-order valence-electron chi connectivity index (χ4n) is 2.50. The molecule has 1 aliphatic heterocycles. The summed E-state index contributed by atoms with van der Waals surface area (Å²) in [7, 11) is 1.24. The number of hydrogen-bond acceptors (Lipinski definition) is 6. The summed E-state index contributed by atoms with van der Waals surface area (Å²) in [6.45, 7) is 1.53. The van der Waals surface area contributed by atoms with Gasteiger partial charge in [-0.15, -0.1) is 0 Å². The number of aromatic carboxylic acids is 1. The molecule has 0 amide bonds. The van der Waals surface area contributed by atoms with Gasteiger partial charge >= 0.3 is 5.97 Å². The van der Waals surface area contributed by atoms with E-state index in [-0.39, 0.29) is 51.7 Å². The molecule has 0 radical (unpaired) electrons. The number of phenolic OH excluding ortho intramolecular Hbond substituents is 1. The maximum atomic E-state index is 12.0. The van der Waals surface area contributed by atoms with Crippen molar-refractivity contribution in [2.75, 3.05) is 7.11 Å². The van der Waals surface area contributed by atoms with Gasteiger partial charge in [-0.3, -0.25) is 4.79 Å². The molecule has 0 aliphatic carbocycles. The van der Waals surface area contributed by atoms with Crippen LogP contribution in [0.15, 0.2) is 21.3 Å². The van der Waals surface area contributed by atoms with Gasteiger partial charge in [0.2, 0.25) is 0 Å². The van der Waals surface area contributed by atoms with Gasteiger partial charge in [0, 0.05) is 12.1 Å². The lowest BCUT2D eigenvalue weighted by atomic mass is 9.96. The highest BCUT2D eigenvalue weighted by atomic mass is 16.5. The van der Waals surface area contributed by atoms with E-state index in [1.54, 1.807) is 6.92 Å². The fraction of sp³-hybridized carbons (Fsp3) is 0.200. The number of ether oxygens (including phenoxy) is 2. The average Bonchev–Trinajstić information content (AvgIpc) is 2.44. The van der Waals surface area contributed by atoms with Crippen LogP contribution in [0.4, 0.5) is 0 Å². The number of aromatic hydroxyl groups is 1. The van der Waals surface area contributed by atoms with Crippen molar-refractivity contribution in [3.63, 3.8) is 0 Å². The number of carbonyl (C=O) groups is 1. The van der Waals surface area contributed by atoms with Crippen LogP contribution >= 0.6 is 0 Å². The van der Waals surface area contributed by atoms with Crippen molar-refractivity contribution in [3.8, 4) is 28.6 Å². The number of phenols is 1. The molecular formula is C15H12O7. The second kappa shape index (κ2) is 4.80. The highest BCUT2D eigenvalue weighted by molar-refractivity contribution is 6.01. The Hall–Kier alpha value is -2.96. The molecule has 1 aromatic carbocycles. The lowest BCUT2D eigenvalue weighted by Crippen LogP contribution is -2.19. The van der Waals surface area contributed by atoms with Gasteiger partial charge < -0.3 is 24.1 Å². The normalized spacial score (nSPS) is 12.1. The van der Waals surface area contributed by atoms with Crippen molar-refractivity contribution in [1.29, 1.82) is 0 Å². The molecule has 1 aromatic heterocycles. The lowest BCUT2D eigenvalue weighted by molar-refractivity contribution is 0.0692. The maximum Gasteiger partial charge on any atom is 0.340 e. The Kier molecular flexibility index (Phi) is 3.05. The molecule has 0 saturated heterocycles. The van der Waals surface area contributed by atoms with Gasteiger partial charge in [-0.25, -0.2) is 4.79 Å². The quantitative estimate of drug-likeness (QED) is 0.872. The van der Waals surface area contributed by atoms with Gasteiger partial charge in [-0.05, 0) is 6.92 Å². The minimum absolute atomic E-state index is 0.0597. The van der Waals surface area contributed by atoms with Crippen LogP contribution in [0, 0.1) is 6.92 Å². The number of methoxy groups -OCH3 is 1. The van der Waals surface area contributed by atoms with Crippen LogP contribution in [0.3, 0.4) is 0 Å². The second-order valence-corrected chi connectivity index (χ2v) is 4.80. The standard InChI is InChI=1S/C15H12O7/c1-6-3-8(16)7-5-21-10-4-9(17)14(20-2)12(15(18)19)11(10)13(7)22-6/h3-4,17H,5H2,1-2H3,(H,18,19). The minimum Gasteiger partial charge on any atom is -0.504 e. The van der Waals surface area contributed by atoms with E-state index in [2.05, 4.69) is 0 Å². The van der Waals surface area contributed by atoms with E-state index < -0.39 is 5.97 Å². The number of carboxylic acids is 1. The van der Waals surface area contributed by atoms with Gasteiger partial charge in [-0.2, -0.15) is 0 Å². The van der Waals surface area contributed by atoms with Crippen molar-refractivity contribution in [2.45, 2.75) is 13.5 Å². The third kappa shape index (κ3) is 1.90. The lowest BCUT2D eigenvalue weighted by Gasteiger charge is -2.22. The molecule has 2 heterocycles. The van der Waals surface area contributed by atoms with E-state index in [1.807, 2.05) is 0 Å². The zero-order valence-electron chi connectivity index (χ0n) is 11.8. The van der Waals surface area contributed by atoms with Gasteiger partial charge in [0.05, 0.1) is 18.2 Å². The van der Waals surface area contributed by atoms with Crippen molar-refractivity contribution in [2.24, 2.45) is 0 Å². The summed E-state index contributed by atoms with van der Waals surface area (Å²) in [4.78, 5) is 23.6. The molecule has 0 fully saturated rings. The highest BCUT2D eigenvalue weighted by Gasteiger charge is 2.32. The highest BCUT2D eigenvalue weighted by Crippen LogP contribution is 2.47. The molecule has 114 valence electrons. The summed E-state index contributed by atoms with van der Waals surface area (Å²) in [5.41, 5.74) is -0.294. The monoisotopic (exact) mass is 304 g/mol. The molecule has 2 N–H and O–H groups in total. The summed E-state index contributed by atoms with van der Waals surface area (Å²) in [5, 5.41) is 19.4. The Morgan fingerprint density at radius 3 is 2.73 bits per heavy atom. The Balaban J connectivity index is 2.46. The number of hydrogen-bond donors (Lipinski definition) is 2. The molecular weight excluding hydrogens is 292 g/mol. The first-order chi connectivity index (χ1) is 10.4. The van der Waals surface area contributed by atoms with Gasteiger partial charge in [-0.1, -0.05) is 0 Å². The number of carboxylic acid groups (broad SMARTS) is 1. The summed E-state index contributed by atoms with van der Waals surface area (Å²) >= 11 is 0. The molecule has 3 rings (SSSR count). The Morgan fingerprint density at radius 2 is 2.09 bits per heavy atom. The van der Waals surface area contributed by atoms with Gasteiger partial charge in [0.15, 0.2) is 16.9 Å². The largest absolute Gasteiger partial charge is 0.504 e. The minimum atomic E-state index is -1.33. The van der Waals surface area contributed by atoms with E-state index in [1.165, 1.54) is 19.2 Å². The van der Waals surface area contributed by atoms with Crippen molar-refractivity contribution < 1.29 is 28.9 Å². The Labute approximate surface area is 124 Å². The van der Waals surface area contributed by atoms with Crippen molar-refractivity contribution in [1.82, 2.24) is 0 Å². The summed E-state index contributed by atoms with van der Waals surface area (Å²) < 4.78 is 15.9. The molecule has 22 heavy (non-hydrogen) atoms. The molecule has 0 bridgehead atoms. The molecule has 0 atom stereocenters. The average molecular weight is 304 g/mol. The van der Waals surface area contributed by atoms with Crippen LogP contribution in [-0.4, -0.2) is 23.3 Å². The fourth-order valence-corrected chi connectivity index (χ4v) is 2.50. The number of benzene rings is 1. The molecule has 7 nitrogen and oxygen atoms in total. The van der Waals surface area contributed by atoms with E-state index in [0.717, 1.165) is 0 Å². The number of rotatable bonds is 2. The zero-order valence-corrected chi connectivity index (χ0v) is 11.8. The summed E-state index contributed by atoms with van der Waals surface area (Å²) in [6.07, 6.45) is 0. The van der Waals surface area contributed by atoms with Crippen LogP contribution < -0.4 is 14.9 Å². The van der Waals surface area contributed by atoms with Gasteiger partial charge in [0.1, 0.15) is 29.4 Å². The Morgan fingerprint density at radius 1 is 1.36 bits per heavy atom.